The zero-order valence-electron chi connectivity index (χ0n) is 15.0. The van der Waals surface area contributed by atoms with E-state index in [1.165, 1.54) is 15.9 Å². The first-order valence-electron chi connectivity index (χ1n) is 8.82. The summed E-state index contributed by atoms with van der Waals surface area (Å²) in [5.41, 5.74) is 3.48. The lowest BCUT2D eigenvalue weighted by molar-refractivity contribution is -0.136. The number of rotatable bonds is 4. The van der Waals surface area contributed by atoms with Crippen LogP contribution >= 0.6 is 11.3 Å². The smallest absolute Gasteiger partial charge is 0.308 e. The molecule has 3 heterocycles. The second-order valence-corrected chi connectivity index (χ2v) is 7.57. The van der Waals surface area contributed by atoms with Gasteiger partial charge in [0.25, 0.3) is 0 Å². The molecule has 0 spiro atoms. The second-order valence-electron chi connectivity index (χ2n) is 6.65. The van der Waals surface area contributed by atoms with E-state index < -0.39 is 24.0 Å². The third kappa shape index (κ3) is 2.65. The average Bonchev–Trinajstić information content (AvgIpc) is 3.40. The van der Waals surface area contributed by atoms with Gasteiger partial charge in [-0.2, -0.15) is 0 Å². The minimum atomic E-state index is -1.10. The highest BCUT2D eigenvalue weighted by molar-refractivity contribution is 7.17. The SMILES string of the molecule is O=C(O)Cc1c(O)c(O)n(-c2ccc3nc[nH]c3c2)c1-c1csc2ccccc12. The molecule has 7 nitrogen and oxygen atoms in total. The molecule has 0 aliphatic heterocycles. The Morgan fingerprint density at radius 3 is 2.83 bits per heavy atom. The van der Waals surface area contributed by atoms with Crippen LogP contribution in [0.5, 0.6) is 11.6 Å². The lowest BCUT2D eigenvalue weighted by Gasteiger charge is -2.11. The van der Waals surface area contributed by atoms with E-state index in [2.05, 4.69) is 9.97 Å². The van der Waals surface area contributed by atoms with Crippen molar-refractivity contribution in [3.8, 4) is 28.6 Å². The number of hydrogen-bond donors (Lipinski definition) is 4. The number of benzene rings is 2. The maximum absolute atomic E-state index is 11.5. The highest BCUT2D eigenvalue weighted by Crippen LogP contribution is 2.46. The van der Waals surface area contributed by atoms with Gasteiger partial charge in [0.05, 0.1) is 35.2 Å². The number of carboxylic acids is 1. The molecule has 5 rings (SSSR count). The summed E-state index contributed by atoms with van der Waals surface area (Å²) in [7, 11) is 0. The van der Waals surface area contributed by atoms with E-state index in [1.807, 2.05) is 29.6 Å². The van der Waals surface area contributed by atoms with Crippen molar-refractivity contribution in [2.24, 2.45) is 0 Å². The number of thiophene rings is 1. The quantitative estimate of drug-likeness (QED) is 0.357. The molecule has 0 saturated carbocycles. The predicted octanol–water partition coefficient (Wildman–Crippen LogP) is 4.27. The van der Waals surface area contributed by atoms with E-state index in [-0.39, 0.29) is 5.56 Å². The van der Waals surface area contributed by atoms with Gasteiger partial charge >= 0.3 is 5.97 Å². The van der Waals surface area contributed by atoms with Crippen molar-refractivity contribution < 1.29 is 20.1 Å². The van der Waals surface area contributed by atoms with Gasteiger partial charge in [-0.25, -0.2) is 4.98 Å². The molecular formula is C21H15N3O4S. The van der Waals surface area contributed by atoms with Crippen LogP contribution in [0.25, 0.3) is 38.1 Å². The lowest BCUT2D eigenvalue weighted by Crippen LogP contribution is -2.03. The fourth-order valence-corrected chi connectivity index (χ4v) is 4.62. The molecule has 0 atom stereocenters. The van der Waals surface area contributed by atoms with E-state index in [1.54, 1.807) is 24.5 Å². The van der Waals surface area contributed by atoms with E-state index >= 15 is 0 Å². The van der Waals surface area contributed by atoms with Gasteiger partial charge in [-0.05, 0) is 24.3 Å². The Balaban J connectivity index is 1.86. The normalized spacial score (nSPS) is 11.4. The first kappa shape index (κ1) is 17.3. The number of aromatic amines is 1. The van der Waals surface area contributed by atoms with Gasteiger partial charge in [-0.15, -0.1) is 11.3 Å². The van der Waals surface area contributed by atoms with Crippen LogP contribution in [0.3, 0.4) is 0 Å². The second kappa shape index (κ2) is 6.39. The van der Waals surface area contributed by atoms with Crippen LogP contribution < -0.4 is 0 Å². The number of hydrogen-bond acceptors (Lipinski definition) is 5. The molecule has 4 N–H and O–H groups in total. The summed E-state index contributed by atoms with van der Waals surface area (Å²) in [4.78, 5) is 18.7. The summed E-state index contributed by atoms with van der Waals surface area (Å²) in [6.45, 7) is 0. The molecule has 3 aromatic heterocycles. The Morgan fingerprint density at radius 2 is 2.00 bits per heavy atom. The zero-order valence-corrected chi connectivity index (χ0v) is 15.8. The Labute approximate surface area is 168 Å². The van der Waals surface area contributed by atoms with Crippen molar-refractivity contribution in [2.45, 2.75) is 6.42 Å². The number of aliphatic carboxylic acids is 1. The molecule has 8 heteroatoms. The van der Waals surface area contributed by atoms with Gasteiger partial charge in [0.2, 0.25) is 5.88 Å². The molecule has 0 fully saturated rings. The molecular weight excluding hydrogens is 390 g/mol. The zero-order chi connectivity index (χ0) is 20.1. The van der Waals surface area contributed by atoms with Crippen LogP contribution in [0.4, 0.5) is 0 Å². The van der Waals surface area contributed by atoms with Gasteiger partial charge in [-0.3, -0.25) is 9.36 Å². The Kier molecular flexibility index (Phi) is 3.82. The molecule has 0 radical (unpaired) electrons. The summed E-state index contributed by atoms with van der Waals surface area (Å²) < 4.78 is 2.52. The molecule has 0 saturated heterocycles. The summed E-state index contributed by atoms with van der Waals surface area (Å²) in [6, 6.07) is 13.1. The van der Waals surface area contributed by atoms with Crippen molar-refractivity contribution in [1.82, 2.24) is 14.5 Å². The van der Waals surface area contributed by atoms with Crippen LogP contribution in [0, 0.1) is 0 Å². The largest absolute Gasteiger partial charge is 0.503 e. The molecule has 0 bridgehead atoms. The number of fused-ring (bicyclic) bond motifs is 2. The van der Waals surface area contributed by atoms with Crippen LogP contribution in [0.1, 0.15) is 5.56 Å². The molecule has 144 valence electrons. The number of aromatic nitrogens is 3. The van der Waals surface area contributed by atoms with Gasteiger partial charge < -0.3 is 20.3 Å². The van der Waals surface area contributed by atoms with Crippen LogP contribution in [0.2, 0.25) is 0 Å². The van der Waals surface area contributed by atoms with E-state index in [0.717, 1.165) is 26.7 Å². The Morgan fingerprint density at radius 1 is 1.17 bits per heavy atom. The third-order valence-electron chi connectivity index (χ3n) is 4.95. The number of nitrogens with zero attached hydrogens (tertiary/aromatic N) is 2. The van der Waals surface area contributed by atoms with Gasteiger partial charge in [0.15, 0.2) is 5.75 Å². The molecule has 29 heavy (non-hydrogen) atoms. The first-order chi connectivity index (χ1) is 14.0. The highest BCUT2D eigenvalue weighted by atomic mass is 32.1. The van der Waals surface area contributed by atoms with Gasteiger partial charge in [0.1, 0.15) is 0 Å². The minimum absolute atomic E-state index is 0.170. The van der Waals surface area contributed by atoms with Crippen molar-refractivity contribution in [1.29, 1.82) is 0 Å². The molecule has 0 aliphatic carbocycles. The first-order valence-corrected chi connectivity index (χ1v) is 9.70. The van der Waals surface area contributed by atoms with E-state index in [9.17, 15) is 20.1 Å². The maximum atomic E-state index is 11.5. The molecule has 5 aromatic rings. The molecule has 0 unspecified atom stereocenters. The summed E-state index contributed by atoms with van der Waals surface area (Å²) in [5.74, 6) is -1.92. The van der Waals surface area contributed by atoms with Crippen molar-refractivity contribution in [2.75, 3.05) is 0 Å². The Bertz CT molecular complexity index is 1400. The number of carboxylic acid groups (broad SMARTS) is 1. The number of H-pyrrole nitrogens is 1. The van der Waals surface area contributed by atoms with Crippen molar-refractivity contribution in [3.63, 3.8) is 0 Å². The third-order valence-corrected chi connectivity index (χ3v) is 5.91. The predicted molar refractivity (Wildman–Crippen MR) is 111 cm³/mol. The Hall–Kier alpha value is -3.78. The molecule has 2 aromatic carbocycles. The summed E-state index contributed by atoms with van der Waals surface area (Å²) in [5, 5.41) is 33.6. The number of nitrogens with one attached hydrogen (secondary N) is 1. The topological polar surface area (TPSA) is 111 Å². The lowest BCUT2D eigenvalue weighted by atomic mass is 10.0. The van der Waals surface area contributed by atoms with Crippen LogP contribution in [0.15, 0.2) is 54.2 Å². The fraction of sp³-hybridized carbons (Fsp3) is 0.0476. The van der Waals surface area contributed by atoms with Crippen LogP contribution in [-0.4, -0.2) is 35.8 Å². The fourth-order valence-electron chi connectivity index (χ4n) is 3.67. The maximum Gasteiger partial charge on any atom is 0.308 e. The van der Waals surface area contributed by atoms with Gasteiger partial charge in [0, 0.05) is 26.6 Å². The standard InChI is InChI=1S/C21H15N3O4S/c25-18(26)8-13-19(14-9-29-17-4-2-1-3-12(14)17)24(21(28)20(13)27)11-5-6-15-16(7-11)23-10-22-15/h1-7,9-10,27-28H,8H2,(H,22,23)(H,25,26). The summed E-state index contributed by atoms with van der Waals surface area (Å²) >= 11 is 1.52. The van der Waals surface area contributed by atoms with Gasteiger partial charge in [-0.1, -0.05) is 18.2 Å². The van der Waals surface area contributed by atoms with Crippen molar-refractivity contribution >= 4 is 38.4 Å². The van der Waals surface area contributed by atoms with E-state index in [0.29, 0.717) is 11.4 Å². The molecule has 0 amide bonds. The van der Waals surface area contributed by atoms with Crippen LogP contribution in [-0.2, 0) is 11.2 Å². The van der Waals surface area contributed by atoms with E-state index in [4.69, 9.17) is 0 Å². The highest BCUT2D eigenvalue weighted by Gasteiger charge is 2.27. The number of aromatic hydroxyl groups is 2. The molecule has 0 aliphatic rings. The minimum Gasteiger partial charge on any atom is -0.503 e. The average molecular weight is 405 g/mol. The summed E-state index contributed by atoms with van der Waals surface area (Å²) in [6.07, 6.45) is 1.16. The number of carbonyl (C=O) groups is 1. The van der Waals surface area contributed by atoms with Crippen molar-refractivity contribution in [3.05, 3.63) is 59.7 Å². The number of imidazole rings is 1. The monoisotopic (exact) mass is 405 g/mol.